The highest BCUT2D eigenvalue weighted by atomic mass is 16.5. The number of anilines is 9. The first-order valence-electron chi connectivity index (χ1n) is 39.4. The number of hydrogen-bond donors (Lipinski definition) is 4. The van der Waals surface area contributed by atoms with Crippen molar-refractivity contribution in [3.8, 4) is 34.7 Å². The molecule has 4 N–H and O–H groups in total. The summed E-state index contributed by atoms with van der Waals surface area (Å²) in [5.41, 5.74) is 11.0. The lowest BCUT2D eigenvalue weighted by atomic mass is 9.83. The van der Waals surface area contributed by atoms with Gasteiger partial charge in [-0.15, -0.1) is 0 Å². The molecule has 21 rings (SSSR count). The Labute approximate surface area is 669 Å². The quantitative estimate of drug-likeness (QED) is 0.114. The standard InChI is InChI=1S/2C29H30N8O3.C26H24N8O3/c1-29(2)21-8-7-19(15-18(21)11-14-34(29)3)31-28-30-16-20-25(33-28)37-23-10-9-22-26(32-23)35(24(38)17-40-22)12-5-4-6-13-36(37)27(20)39;1-29(2)21-15-19(8-7-18(21)11-14-34(29)3)31-28-30-16-20-25(33-28)37-23-10-9-22-26(32-23)35(24(38)17-40-22)12-5-4-6-13-36(37)27(20)39;35-22-15-37-20-6-7-21-30-24(20)32(22)10-2-1-3-11-33-25(36)19-14-28-26(31-23(19)34(21)33)29-18-5-4-16-8-9-27-13-17(16)12-18/h2*4,6-10,15-16H,5,11-14,17H2,1-3H3,(H,30,31,33);1,3-7,12,14,27H,2,8-11,13,15H2,(H,28,29,31). The zero-order chi connectivity index (χ0) is 80.1. The van der Waals surface area contributed by atoms with Gasteiger partial charge in [-0.1, -0.05) is 54.7 Å². The zero-order valence-corrected chi connectivity index (χ0v) is 65.4. The average Bonchev–Trinajstić information content (AvgIpc) is 1.60. The van der Waals surface area contributed by atoms with E-state index in [1.54, 1.807) is 97.8 Å². The number of rotatable bonds is 6. The van der Waals surface area contributed by atoms with Gasteiger partial charge >= 0.3 is 0 Å². The molecule has 9 aliphatic rings. The predicted molar refractivity (Wildman–Crippen MR) is 441 cm³/mol. The maximum absolute atomic E-state index is 13.5. The summed E-state index contributed by atoms with van der Waals surface area (Å²) in [6.45, 7) is 15.1. The van der Waals surface area contributed by atoms with Gasteiger partial charge in [-0.05, 0) is 193 Å². The van der Waals surface area contributed by atoms with Crippen molar-refractivity contribution < 1.29 is 28.6 Å². The molecule has 0 radical (unpaired) electrons. The number of allylic oxidation sites excluding steroid dienone is 3. The number of pyridine rings is 3. The van der Waals surface area contributed by atoms with Crippen LogP contribution in [-0.4, -0.2) is 174 Å². The van der Waals surface area contributed by atoms with Crippen LogP contribution in [0.4, 0.5) is 52.4 Å². The molecule has 33 heteroatoms. The summed E-state index contributed by atoms with van der Waals surface area (Å²) < 4.78 is 26.7. The average molecular weight is 1570 g/mol. The van der Waals surface area contributed by atoms with E-state index >= 15 is 0 Å². The van der Waals surface area contributed by atoms with E-state index in [1.165, 1.54) is 33.4 Å². The molecule has 3 amide bonds. The van der Waals surface area contributed by atoms with Crippen molar-refractivity contribution in [3.05, 3.63) is 210 Å². The first kappa shape index (κ1) is 73.6. The topological polar surface area (TPSA) is 340 Å². The molecule has 6 bridgehead atoms. The van der Waals surface area contributed by atoms with Gasteiger partial charge in [0.1, 0.15) is 16.2 Å². The van der Waals surface area contributed by atoms with Gasteiger partial charge in [0.25, 0.3) is 34.4 Å². The van der Waals surface area contributed by atoms with E-state index < -0.39 is 0 Å². The van der Waals surface area contributed by atoms with Crippen LogP contribution in [0.2, 0.25) is 0 Å². The molecule has 12 aromatic rings. The third kappa shape index (κ3) is 13.2. The number of benzene rings is 3. The SMILES string of the molecule is CN1CCc2cc(Nc3ncc4c(=O)n5n(c4n3)-c3ccc4c(n3)N(CCC=CC5)C(=O)CO4)ccc2C1(C)C.CN1CCc2ccc(Nc3ncc4c(=O)n5n(c4n3)-c3ccc4c(n3)N(CCC=CC5)C(=O)CO4)cc2C1(C)C.O=C1COc2ccc3nc2N1CCC=CCn1c(=O)c2cnc(Nc4ccc5c(c4)CNCC5)nc2n1-3. The zero-order valence-electron chi connectivity index (χ0n) is 65.4. The van der Waals surface area contributed by atoms with E-state index in [2.05, 4.69) is 124 Å². The van der Waals surface area contributed by atoms with Gasteiger partial charge < -0.3 is 35.5 Å². The number of carbonyl (C=O) groups excluding carboxylic acids is 3. The highest BCUT2D eigenvalue weighted by Gasteiger charge is 2.37. The van der Waals surface area contributed by atoms with Crippen LogP contribution in [0.15, 0.2) is 160 Å². The smallest absolute Gasteiger partial charge is 0.278 e. The lowest BCUT2D eigenvalue weighted by molar-refractivity contribution is -0.122. The molecule has 0 aliphatic carbocycles. The molecule has 0 saturated carbocycles. The predicted octanol–water partition coefficient (Wildman–Crippen LogP) is 8.31. The first-order valence-corrected chi connectivity index (χ1v) is 39.4. The van der Waals surface area contributed by atoms with Crippen LogP contribution in [-0.2, 0) is 70.9 Å². The van der Waals surface area contributed by atoms with Crippen molar-refractivity contribution in [2.45, 2.75) is 103 Å². The fourth-order valence-electron chi connectivity index (χ4n) is 16.6. The molecule has 0 unspecified atom stereocenters. The molecule has 117 heavy (non-hydrogen) atoms. The summed E-state index contributed by atoms with van der Waals surface area (Å²) >= 11 is 0. The van der Waals surface area contributed by atoms with Crippen LogP contribution in [0.5, 0.6) is 17.2 Å². The number of ether oxygens (including phenoxy) is 3. The van der Waals surface area contributed by atoms with Crippen molar-refractivity contribution in [1.82, 2.24) is 88.1 Å². The maximum Gasteiger partial charge on any atom is 0.278 e. The second-order valence-corrected chi connectivity index (χ2v) is 31.1. The molecular weight excluding hydrogens is 1490 g/mol. The maximum atomic E-state index is 13.5. The van der Waals surface area contributed by atoms with Gasteiger partial charge in [0.05, 0.1) is 19.6 Å². The number of likely N-dealkylation sites (N-methyl/N-ethyl adjacent to an activating group) is 2. The summed E-state index contributed by atoms with van der Waals surface area (Å²) in [5, 5.41) is 14.5. The van der Waals surface area contributed by atoms with Gasteiger partial charge in [0.15, 0.2) is 88.9 Å². The molecule has 0 fully saturated rings. The largest absolute Gasteiger partial charge is 0.480 e. The molecule has 594 valence electrons. The number of carbonyl (C=O) groups is 3. The second-order valence-electron chi connectivity index (χ2n) is 31.1. The van der Waals surface area contributed by atoms with Crippen molar-refractivity contribution in [3.63, 3.8) is 0 Å². The molecule has 0 atom stereocenters. The third-order valence-corrected chi connectivity index (χ3v) is 23.5. The molecule has 33 nitrogen and oxygen atoms in total. The molecule has 0 spiro atoms. The van der Waals surface area contributed by atoms with E-state index in [0.717, 1.165) is 62.5 Å². The van der Waals surface area contributed by atoms with E-state index in [4.69, 9.17) is 44.1 Å². The summed E-state index contributed by atoms with van der Waals surface area (Å²) in [7, 11) is 4.31. The molecular formula is C84H84N24O9. The van der Waals surface area contributed by atoms with Crippen LogP contribution in [0.1, 0.15) is 80.3 Å². The number of hydrogen-bond acceptors (Lipinski definition) is 24. The molecule has 9 aromatic heterocycles. The Kier molecular flexibility index (Phi) is 18.5. The van der Waals surface area contributed by atoms with Crippen molar-refractivity contribution in [2.24, 2.45) is 0 Å². The van der Waals surface area contributed by atoms with E-state index in [9.17, 15) is 28.8 Å². The second kappa shape index (κ2) is 29.4. The lowest BCUT2D eigenvalue weighted by Crippen LogP contribution is -2.43. The Bertz CT molecular complexity index is 6400. The van der Waals surface area contributed by atoms with E-state index in [1.807, 2.05) is 54.7 Å². The summed E-state index contributed by atoms with van der Waals surface area (Å²) in [6, 6.07) is 29.7. The Morgan fingerprint density at radius 1 is 0.393 bits per heavy atom. The van der Waals surface area contributed by atoms with Gasteiger partial charge in [0.2, 0.25) is 17.8 Å². The van der Waals surface area contributed by atoms with Crippen LogP contribution in [0.3, 0.4) is 0 Å². The molecule has 0 saturated heterocycles. The summed E-state index contributed by atoms with van der Waals surface area (Å²) in [6.07, 6.45) is 21.2. The third-order valence-electron chi connectivity index (χ3n) is 23.5. The fourth-order valence-corrected chi connectivity index (χ4v) is 16.6. The van der Waals surface area contributed by atoms with E-state index in [-0.39, 0.29) is 65.3 Å². The molecule has 3 aromatic carbocycles. The first-order chi connectivity index (χ1) is 56.8. The minimum Gasteiger partial charge on any atom is -0.480 e. The Balaban J connectivity index is 0.000000117. The van der Waals surface area contributed by atoms with Gasteiger partial charge in [-0.3, -0.25) is 53.3 Å². The minimum absolute atomic E-state index is 0.0179. The van der Waals surface area contributed by atoms with E-state index in [0.29, 0.717) is 162 Å². The van der Waals surface area contributed by atoms with Crippen LogP contribution >= 0.6 is 0 Å². The van der Waals surface area contributed by atoms with Gasteiger partial charge in [0, 0.05) is 86.0 Å². The number of amides is 3. The molecule has 18 heterocycles. The normalized spacial score (nSPS) is 17.6. The monoisotopic (exact) mass is 1570 g/mol. The minimum atomic E-state index is -0.215. The number of nitrogens with one attached hydrogen (secondary N) is 4. The van der Waals surface area contributed by atoms with Crippen molar-refractivity contribution >= 4 is 103 Å². The summed E-state index contributed by atoms with van der Waals surface area (Å²) in [5.74, 6) is 5.03. The number of fused-ring (bicyclic) bond motifs is 18. The highest BCUT2D eigenvalue weighted by molar-refractivity contribution is 5.98. The Hall–Kier alpha value is -13.5. The number of nitrogens with zero attached hydrogens (tertiary/aromatic N) is 20. The van der Waals surface area contributed by atoms with Crippen LogP contribution in [0, 0.1) is 0 Å². The summed E-state index contributed by atoms with van der Waals surface area (Å²) in [4.78, 5) is 130. The Morgan fingerprint density at radius 2 is 0.778 bits per heavy atom. The van der Waals surface area contributed by atoms with Crippen LogP contribution in [0.25, 0.3) is 50.6 Å². The number of aromatic nitrogens is 15. The lowest BCUT2D eigenvalue weighted by Gasteiger charge is -2.41. The fraction of sp³-hybridized carbons (Fsp3) is 0.321. The Morgan fingerprint density at radius 3 is 1.21 bits per heavy atom. The van der Waals surface area contributed by atoms with Gasteiger partial charge in [-0.25, -0.2) is 58.0 Å². The van der Waals surface area contributed by atoms with Crippen LogP contribution < -0.4 is 66.9 Å². The van der Waals surface area contributed by atoms with Crippen molar-refractivity contribution in [2.75, 3.05) is 104 Å². The van der Waals surface area contributed by atoms with Gasteiger partial charge in [-0.2, -0.15) is 15.0 Å². The molecule has 9 aliphatic heterocycles. The van der Waals surface area contributed by atoms with Crippen molar-refractivity contribution in [1.29, 1.82) is 0 Å². The highest BCUT2D eigenvalue weighted by Crippen LogP contribution is 2.40.